The number of nitrogens with zero attached hydrogens (tertiary/aromatic N) is 3. The van der Waals surface area contributed by atoms with E-state index in [4.69, 9.17) is 0 Å². The summed E-state index contributed by atoms with van der Waals surface area (Å²) < 4.78 is 13.0. The first-order valence-electron chi connectivity index (χ1n) is 10.0. The monoisotopic (exact) mass is 358 g/mol. The van der Waals surface area contributed by atoms with Gasteiger partial charge in [-0.2, -0.15) is 4.39 Å². The van der Waals surface area contributed by atoms with E-state index in [2.05, 4.69) is 27.1 Å². The number of aromatic nitrogens is 2. The Bertz CT molecular complexity index is 719. The Hall–Kier alpha value is -1.72. The fraction of sp³-hybridized carbons (Fsp3) is 0.750. The molecule has 6 heteroatoms. The van der Waals surface area contributed by atoms with Gasteiger partial charge in [0, 0.05) is 23.9 Å². The summed E-state index contributed by atoms with van der Waals surface area (Å²) in [6.07, 6.45) is 10.9. The molecule has 140 valence electrons. The molecule has 4 unspecified atom stereocenters. The summed E-state index contributed by atoms with van der Waals surface area (Å²) in [6, 6.07) is 0.183. The van der Waals surface area contributed by atoms with Gasteiger partial charge >= 0.3 is 0 Å². The minimum atomic E-state index is -0.568. The second-order valence-corrected chi connectivity index (χ2v) is 9.32. The number of likely N-dealkylation sites (tertiary alicyclic amines) is 1. The van der Waals surface area contributed by atoms with Crippen LogP contribution in [0.4, 0.5) is 10.2 Å². The van der Waals surface area contributed by atoms with Gasteiger partial charge in [0.15, 0.2) is 0 Å². The fourth-order valence-electron chi connectivity index (χ4n) is 6.25. The first kappa shape index (κ1) is 16.5. The van der Waals surface area contributed by atoms with Crippen LogP contribution in [-0.2, 0) is 4.79 Å². The molecule has 4 aliphatic rings. The van der Waals surface area contributed by atoms with Gasteiger partial charge in [-0.25, -0.2) is 9.97 Å². The zero-order chi connectivity index (χ0) is 17.9. The van der Waals surface area contributed by atoms with Gasteiger partial charge in [-0.15, -0.1) is 0 Å². The van der Waals surface area contributed by atoms with E-state index < -0.39 is 5.95 Å². The highest BCUT2D eigenvalue weighted by atomic mass is 19.1. The Balaban J connectivity index is 1.34. The molecule has 26 heavy (non-hydrogen) atoms. The van der Waals surface area contributed by atoms with E-state index in [9.17, 15) is 9.18 Å². The Morgan fingerprint density at radius 3 is 2.73 bits per heavy atom. The zero-order valence-corrected chi connectivity index (χ0v) is 15.4. The van der Waals surface area contributed by atoms with Crippen LogP contribution in [0.15, 0.2) is 12.4 Å². The zero-order valence-electron chi connectivity index (χ0n) is 15.4. The number of hydrogen-bond acceptors (Lipinski definition) is 4. The minimum Gasteiger partial charge on any atom is -0.364 e. The quantitative estimate of drug-likeness (QED) is 0.901. The lowest BCUT2D eigenvalue weighted by atomic mass is 9.65. The Kier molecular flexibility index (Phi) is 3.57. The van der Waals surface area contributed by atoms with E-state index in [-0.39, 0.29) is 16.9 Å². The molecular formula is C20H27FN4O. The maximum atomic E-state index is 13.5. The Labute approximate surface area is 153 Å². The standard InChI is InChI=1S/C20H27FN4O/c1-19(8-13-3-4-14(19)7-13)18(26)25-11-15(20(12-25)5-2-6-20)24-17-10-22-16(21)9-23-17/h9-10,13-15H,2-8,11-12H2,1H3,(H,23,24). The highest BCUT2D eigenvalue weighted by Gasteiger charge is 2.57. The van der Waals surface area contributed by atoms with Gasteiger partial charge in [-0.3, -0.25) is 4.79 Å². The molecule has 1 spiro atoms. The van der Waals surface area contributed by atoms with Crippen molar-refractivity contribution < 1.29 is 9.18 Å². The second-order valence-electron chi connectivity index (χ2n) is 9.32. The van der Waals surface area contributed by atoms with E-state index in [1.54, 1.807) is 0 Å². The predicted molar refractivity (Wildman–Crippen MR) is 95.8 cm³/mol. The van der Waals surface area contributed by atoms with Crippen LogP contribution in [0.1, 0.15) is 51.9 Å². The van der Waals surface area contributed by atoms with Gasteiger partial charge in [0.05, 0.1) is 18.4 Å². The molecule has 3 saturated carbocycles. The van der Waals surface area contributed by atoms with Crippen LogP contribution >= 0.6 is 0 Å². The summed E-state index contributed by atoms with van der Waals surface area (Å²) in [4.78, 5) is 23.4. The molecule has 1 amide bonds. The van der Waals surface area contributed by atoms with Crippen LogP contribution in [0, 0.1) is 28.6 Å². The van der Waals surface area contributed by atoms with Gasteiger partial charge < -0.3 is 10.2 Å². The van der Waals surface area contributed by atoms with Crippen molar-refractivity contribution in [3.8, 4) is 0 Å². The molecule has 2 bridgehead atoms. The topological polar surface area (TPSA) is 58.1 Å². The molecular weight excluding hydrogens is 331 g/mol. The van der Waals surface area contributed by atoms with Crippen LogP contribution in [0.2, 0.25) is 0 Å². The molecule has 0 radical (unpaired) electrons. The number of halogens is 1. The smallest absolute Gasteiger partial charge is 0.231 e. The first-order chi connectivity index (χ1) is 12.5. The van der Waals surface area contributed by atoms with Gasteiger partial charge in [0.2, 0.25) is 11.9 Å². The number of amides is 1. The Morgan fingerprint density at radius 1 is 1.31 bits per heavy atom. The minimum absolute atomic E-state index is 0.152. The number of nitrogens with one attached hydrogen (secondary N) is 1. The van der Waals surface area contributed by atoms with E-state index >= 15 is 0 Å². The van der Waals surface area contributed by atoms with E-state index in [0.717, 1.165) is 44.5 Å². The fourth-order valence-corrected chi connectivity index (χ4v) is 6.25. The molecule has 5 nitrogen and oxygen atoms in total. The van der Waals surface area contributed by atoms with E-state index in [1.807, 2.05) is 0 Å². The molecule has 4 atom stereocenters. The average molecular weight is 358 g/mol. The molecule has 4 fully saturated rings. The predicted octanol–water partition coefficient (Wildman–Crippen LogP) is 3.24. The molecule has 3 aliphatic carbocycles. The Morgan fingerprint density at radius 2 is 2.15 bits per heavy atom. The maximum Gasteiger partial charge on any atom is 0.231 e. The van der Waals surface area contributed by atoms with Gasteiger partial charge in [-0.05, 0) is 43.9 Å². The molecule has 2 heterocycles. The lowest BCUT2D eigenvalue weighted by Gasteiger charge is -2.43. The van der Waals surface area contributed by atoms with Gasteiger partial charge in [0.1, 0.15) is 5.82 Å². The van der Waals surface area contributed by atoms with E-state index in [1.165, 1.54) is 31.9 Å². The van der Waals surface area contributed by atoms with Crippen molar-refractivity contribution in [3.05, 3.63) is 18.3 Å². The van der Waals surface area contributed by atoms with Crippen molar-refractivity contribution in [1.29, 1.82) is 0 Å². The van der Waals surface area contributed by atoms with Crippen molar-refractivity contribution >= 4 is 11.7 Å². The molecule has 1 saturated heterocycles. The average Bonchev–Trinajstić information content (AvgIpc) is 3.28. The summed E-state index contributed by atoms with van der Waals surface area (Å²) in [5.74, 6) is 1.74. The molecule has 5 rings (SSSR count). The van der Waals surface area contributed by atoms with Crippen molar-refractivity contribution in [2.75, 3.05) is 18.4 Å². The second kappa shape index (κ2) is 5.64. The number of hydrogen-bond donors (Lipinski definition) is 1. The summed E-state index contributed by atoms with van der Waals surface area (Å²) in [5, 5.41) is 3.45. The van der Waals surface area contributed by atoms with Gasteiger partial charge in [-0.1, -0.05) is 19.8 Å². The van der Waals surface area contributed by atoms with Crippen molar-refractivity contribution in [3.63, 3.8) is 0 Å². The van der Waals surface area contributed by atoms with Crippen LogP contribution < -0.4 is 5.32 Å². The van der Waals surface area contributed by atoms with Crippen LogP contribution in [0.25, 0.3) is 0 Å². The third-order valence-electron chi connectivity index (χ3n) is 7.87. The molecule has 1 aromatic rings. The van der Waals surface area contributed by atoms with Crippen LogP contribution in [-0.4, -0.2) is 39.9 Å². The van der Waals surface area contributed by atoms with Crippen molar-refractivity contribution in [1.82, 2.24) is 14.9 Å². The molecule has 1 N–H and O–H groups in total. The number of anilines is 1. The van der Waals surface area contributed by atoms with Crippen molar-refractivity contribution in [2.45, 2.75) is 57.9 Å². The molecule has 0 aromatic carbocycles. The molecule has 1 aromatic heterocycles. The number of carbonyl (C=O) groups excluding carboxylic acids is 1. The summed E-state index contributed by atoms with van der Waals surface area (Å²) in [6.45, 7) is 3.79. The third-order valence-corrected chi connectivity index (χ3v) is 7.87. The highest BCUT2D eigenvalue weighted by Crippen LogP contribution is 2.58. The van der Waals surface area contributed by atoms with Crippen LogP contribution in [0.5, 0.6) is 0 Å². The largest absolute Gasteiger partial charge is 0.364 e. The summed E-state index contributed by atoms with van der Waals surface area (Å²) in [5.41, 5.74) is -0.00186. The van der Waals surface area contributed by atoms with E-state index in [0.29, 0.717) is 17.6 Å². The molecule has 1 aliphatic heterocycles. The lowest BCUT2D eigenvalue weighted by Crippen LogP contribution is -2.46. The summed E-state index contributed by atoms with van der Waals surface area (Å²) in [7, 11) is 0. The third kappa shape index (κ3) is 2.37. The number of rotatable bonds is 3. The van der Waals surface area contributed by atoms with Gasteiger partial charge in [0.25, 0.3) is 0 Å². The highest BCUT2D eigenvalue weighted by molar-refractivity contribution is 5.84. The van der Waals surface area contributed by atoms with Crippen LogP contribution in [0.3, 0.4) is 0 Å². The number of carbonyl (C=O) groups is 1. The normalized spacial score (nSPS) is 37.2. The van der Waals surface area contributed by atoms with Crippen molar-refractivity contribution in [2.24, 2.45) is 22.7 Å². The SMILES string of the molecule is CC1(C(=O)N2CC(Nc3cnc(F)cn3)C3(CCC3)C2)CC2CCC1C2. The maximum absolute atomic E-state index is 13.5. The lowest BCUT2D eigenvalue weighted by molar-refractivity contribution is -0.143. The number of fused-ring (bicyclic) bond motifs is 2. The summed E-state index contributed by atoms with van der Waals surface area (Å²) >= 11 is 0. The first-order valence-corrected chi connectivity index (χ1v) is 10.0.